The average Bonchev–Trinajstić information content (AvgIpc) is 2.30. The molecular formula is C11H20Cl2N4. The lowest BCUT2D eigenvalue weighted by atomic mass is 10.2. The van der Waals surface area contributed by atoms with E-state index >= 15 is 0 Å². The summed E-state index contributed by atoms with van der Waals surface area (Å²) in [6.45, 7) is 4.91. The van der Waals surface area contributed by atoms with Gasteiger partial charge in [-0.2, -0.15) is 0 Å². The maximum Gasteiger partial charge on any atom is 0.128 e. The Morgan fingerprint density at radius 1 is 1.18 bits per heavy atom. The first-order chi connectivity index (χ1) is 7.29. The molecule has 17 heavy (non-hydrogen) atoms. The molecule has 2 rings (SSSR count). The summed E-state index contributed by atoms with van der Waals surface area (Å²) in [4.78, 5) is 9.08. The molecule has 2 N–H and O–H groups in total. The molecule has 1 aromatic heterocycles. The minimum absolute atomic E-state index is 0. The zero-order chi connectivity index (χ0) is 10.7. The van der Waals surface area contributed by atoms with Crippen molar-refractivity contribution in [2.75, 3.05) is 38.1 Å². The molecule has 0 amide bonds. The summed E-state index contributed by atoms with van der Waals surface area (Å²) in [5.41, 5.74) is 6.63. The van der Waals surface area contributed by atoms with Crippen LogP contribution in [-0.2, 0) is 6.54 Å². The van der Waals surface area contributed by atoms with E-state index < -0.39 is 0 Å². The molecule has 0 bridgehead atoms. The Morgan fingerprint density at radius 3 is 2.29 bits per heavy atom. The number of halogens is 2. The van der Waals surface area contributed by atoms with Gasteiger partial charge in [-0.1, -0.05) is 6.07 Å². The monoisotopic (exact) mass is 278 g/mol. The van der Waals surface area contributed by atoms with Gasteiger partial charge in [0.25, 0.3) is 0 Å². The molecule has 0 aliphatic carbocycles. The number of rotatable bonds is 2. The largest absolute Gasteiger partial charge is 0.354 e. The third kappa shape index (κ3) is 4.32. The van der Waals surface area contributed by atoms with Crippen molar-refractivity contribution in [3.05, 3.63) is 23.9 Å². The van der Waals surface area contributed by atoms with E-state index in [0.29, 0.717) is 6.54 Å². The topological polar surface area (TPSA) is 45.4 Å². The number of likely N-dealkylation sites (N-methyl/N-ethyl adjacent to an activating group) is 1. The molecule has 98 valence electrons. The Bertz CT molecular complexity index is 310. The van der Waals surface area contributed by atoms with Crippen LogP contribution in [0.3, 0.4) is 0 Å². The highest BCUT2D eigenvalue weighted by Gasteiger charge is 2.14. The van der Waals surface area contributed by atoms with Gasteiger partial charge in [0.15, 0.2) is 0 Å². The Labute approximate surface area is 115 Å². The molecule has 4 nitrogen and oxygen atoms in total. The van der Waals surface area contributed by atoms with Crippen LogP contribution in [-0.4, -0.2) is 43.1 Å². The molecule has 1 fully saturated rings. The first-order valence-corrected chi connectivity index (χ1v) is 5.38. The van der Waals surface area contributed by atoms with Gasteiger partial charge in [0, 0.05) is 38.9 Å². The number of pyridine rings is 1. The molecule has 1 saturated heterocycles. The molecule has 2 heterocycles. The molecule has 0 spiro atoms. The Balaban J connectivity index is 0.00000128. The van der Waals surface area contributed by atoms with Gasteiger partial charge in [0.05, 0.1) is 0 Å². The SMILES string of the molecule is CN1CCN(c2ccc(CN)cn2)CC1.Cl.Cl. The summed E-state index contributed by atoms with van der Waals surface area (Å²) in [5.74, 6) is 1.07. The van der Waals surface area contributed by atoms with Crippen LogP contribution in [0.15, 0.2) is 18.3 Å². The second-order valence-electron chi connectivity index (χ2n) is 4.02. The molecule has 0 saturated carbocycles. The van der Waals surface area contributed by atoms with Crippen molar-refractivity contribution in [3.8, 4) is 0 Å². The van der Waals surface area contributed by atoms with Crippen LogP contribution < -0.4 is 10.6 Å². The minimum atomic E-state index is 0. The maximum absolute atomic E-state index is 5.54. The number of nitrogens with two attached hydrogens (primary N) is 1. The van der Waals surface area contributed by atoms with E-state index in [9.17, 15) is 0 Å². The van der Waals surface area contributed by atoms with Gasteiger partial charge in [0.2, 0.25) is 0 Å². The van der Waals surface area contributed by atoms with Crippen molar-refractivity contribution in [2.24, 2.45) is 5.73 Å². The molecule has 1 aliphatic rings. The van der Waals surface area contributed by atoms with Crippen molar-refractivity contribution in [2.45, 2.75) is 6.54 Å². The zero-order valence-electron chi connectivity index (χ0n) is 10.0. The average molecular weight is 279 g/mol. The summed E-state index contributed by atoms with van der Waals surface area (Å²) in [7, 11) is 2.16. The number of nitrogens with zero attached hydrogens (tertiary/aromatic N) is 3. The first kappa shape index (κ1) is 16.4. The Hall–Kier alpha value is -0.550. The Kier molecular flexibility index (Phi) is 7.46. The van der Waals surface area contributed by atoms with E-state index in [2.05, 4.69) is 34.0 Å². The molecule has 0 radical (unpaired) electrons. The van der Waals surface area contributed by atoms with Gasteiger partial charge in [-0.25, -0.2) is 4.98 Å². The third-order valence-corrected chi connectivity index (χ3v) is 2.87. The summed E-state index contributed by atoms with van der Waals surface area (Å²) < 4.78 is 0. The molecule has 0 atom stereocenters. The smallest absolute Gasteiger partial charge is 0.128 e. The van der Waals surface area contributed by atoms with Gasteiger partial charge < -0.3 is 15.5 Å². The van der Waals surface area contributed by atoms with Crippen molar-refractivity contribution in [1.82, 2.24) is 9.88 Å². The number of piperazine rings is 1. The van der Waals surface area contributed by atoms with E-state index in [1.165, 1.54) is 0 Å². The van der Waals surface area contributed by atoms with Gasteiger partial charge >= 0.3 is 0 Å². The lowest BCUT2D eigenvalue weighted by molar-refractivity contribution is 0.312. The van der Waals surface area contributed by atoms with Gasteiger partial charge in [-0.05, 0) is 18.7 Å². The van der Waals surface area contributed by atoms with Gasteiger partial charge in [-0.3, -0.25) is 0 Å². The first-order valence-electron chi connectivity index (χ1n) is 5.38. The molecule has 6 heteroatoms. The van der Waals surface area contributed by atoms with E-state index in [4.69, 9.17) is 5.73 Å². The molecule has 1 aliphatic heterocycles. The number of aromatic nitrogens is 1. The molecular weight excluding hydrogens is 259 g/mol. The van der Waals surface area contributed by atoms with E-state index in [0.717, 1.165) is 37.6 Å². The van der Waals surface area contributed by atoms with Crippen LogP contribution in [0.25, 0.3) is 0 Å². The quantitative estimate of drug-likeness (QED) is 0.881. The van der Waals surface area contributed by atoms with Crippen LogP contribution in [0.4, 0.5) is 5.82 Å². The molecule has 0 aromatic carbocycles. The number of anilines is 1. The highest BCUT2D eigenvalue weighted by atomic mass is 35.5. The van der Waals surface area contributed by atoms with Gasteiger partial charge in [0.1, 0.15) is 5.82 Å². The minimum Gasteiger partial charge on any atom is -0.354 e. The maximum atomic E-state index is 5.54. The normalized spacial score (nSPS) is 16.0. The van der Waals surface area contributed by atoms with Crippen LogP contribution >= 0.6 is 24.8 Å². The second kappa shape index (κ2) is 7.71. The summed E-state index contributed by atoms with van der Waals surface area (Å²) >= 11 is 0. The summed E-state index contributed by atoms with van der Waals surface area (Å²) in [6, 6.07) is 4.12. The van der Waals surface area contributed by atoms with Gasteiger partial charge in [-0.15, -0.1) is 24.8 Å². The summed E-state index contributed by atoms with van der Waals surface area (Å²) in [6.07, 6.45) is 1.87. The van der Waals surface area contributed by atoms with Crippen molar-refractivity contribution >= 4 is 30.6 Å². The second-order valence-corrected chi connectivity index (χ2v) is 4.02. The zero-order valence-corrected chi connectivity index (χ0v) is 11.6. The van der Waals surface area contributed by atoms with Crippen LogP contribution in [0.5, 0.6) is 0 Å². The predicted octanol–water partition coefficient (Wildman–Crippen LogP) is 1.14. The van der Waals surface area contributed by atoms with E-state index in [1.54, 1.807) is 0 Å². The highest BCUT2D eigenvalue weighted by Crippen LogP contribution is 2.13. The van der Waals surface area contributed by atoms with E-state index in [-0.39, 0.29) is 24.8 Å². The Morgan fingerprint density at radius 2 is 1.82 bits per heavy atom. The number of hydrogen-bond donors (Lipinski definition) is 1. The van der Waals surface area contributed by atoms with Crippen molar-refractivity contribution in [1.29, 1.82) is 0 Å². The molecule has 1 aromatic rings. The summed E-state index contributed by atoms with van der Waals surface area (Å²) in [5, 5.41) is 0. The standard InChI is InChI=1S/C11H18N4.2ClH/c1-14-4-6-15(7-5-14)11-3-2-10(8-12)9-13-11;;/h2-3,9H,4-8,12H2,1H3;2*1H. The molecule has 0 unspecified atom stereocenters. The third-order valence-electron chi connectivity index (χ3n) is 2.87. The lowest BCUT2D eigenvalue weighted by Gasteiger charge is -2.33. The fourth-order valence-corrected chi connectivity index (χ4v) is 1.76. The van der Waals surface area contributed by atoms with E-state index in [1.807, 2.05) is 6.20 Å². The number of hydrogen-bond acceptors (Lipinski definition) is 4. The van der Waals surface area contributed by atoms with Crippen molar-refractivity contribution in [3.63, 3.8) is 0 Å². The lowest BCUT2D eigenvalue weighted by Crippen LogP contribution is -2.44. The predicted molar refractivity (Wildman–Crippen MR) is 76.3 cm³/mol. The van der Waals surface area contributed by atoms with Crippen molar-refractivity contribution < 1.29 is 0 Å². The van der Waals surface area contributed by atoms with Crippen LogP contribution in [0, 0.1) is 0 Å². The highest BCUT2D eigenvalue weighted by molar-refractivity contribution is 5.85. The van der Waals surface area contributed by atoms with Crippen LogP contribution in [0.1, 0.15) is 5.56 Å². The fourth-order valence-electron chi connectivity index (χ4n) is 1.76. The van der Waals surface area contributed by atoms with Crippen LogP contribution in [0.2, 0.25) is 0 Å². The fraction of sp³-hybridized carbons (Fsp3) is 0.545.